The molecule has 0 aliphatic heterocycles. The normalized spacial score (nSPS) is 12.5. The van der Waals surface area contributed by atoms with Gasteiger partial charge in [0, 0.05) is 18.1 Å². The van der Waals surface area contributed by atoms with Gasteiger partial charge in [0.15, 0.2) is 0 Å². The quantitative estimate of drug-likeness (QED) is 0.683. The average Bonchev–Trinajstić information content (AvgIpc) is 3.01. The van der Waals surface area contributed by atoms with Gasteiger partial charge in [0.05, 0.1) is 16.5 Å². The van der Waals surface area contributed by atoms with E-state index >= 15 is 0 Å². The molecule has 0 saturated carbocycles. The van der Waals surface area contributed by atoms with E-state index in [0.717, 1.165) is 23.1 Å². The summed E-state index contributed by atoms with van der Waals surface area (Å²) in [5.41, 5.74) is 1.60. The van der Waals surface area contributed by atoms with Crippen LogP contribution in [0.1, 0.15) is 20.8 Å². The van der Waals surface area contributed by atoms with Crippen molar-refractivity contribution in [1.29, 1.82) is 0 Å². The van der Waals surface area contributed by atoms with Crippen molar-refractivity contribution in [2.75, 3.05) is 5.32 Å². The minimum Gasteiger partial charge on any atom is -0.324 e. The second kappa shape index (κ2) is 7.60. The first kappa shape index (κ1) is 17.3. The highest BCUT2D eigenvalue weighted by Gasteiger charge is 2.19. The number of carbonyl (C=O) groups is 1. The molecular formula is C17H20N6OS. The van der Waals surface area contributed by atoms with E-state index in [4.69, 9.17) is 0 Å². The SMILES string of the molecule is CC(C)Cn1nnnc1SC(C)C(=O)Nc1cccc2ncccc12. The van der Waals surface area contributed by atoms with Gasteiger partial charge in [0.2, 0.25) is 11.1 Å². The maximum atomic E-state index is 12.6. The molecule has 3 rings (SSSR count). The number of thioether (sulfide) groups is 1. The van der Waals surface area contributed by atoms with Crippen LogP contribution in [-0.2, 0) is 11.3 Å². The van der Waals surface area contributed by atoms with E-state index in [2.05, 4.69) is 39.7 Å². The smallest absolute Gasteiger partial charge is 0.237 e. The summed E-state index contributed by atoms with van der Waals surface area (Å²) in [5.74, 6) is 0.329. The lowest BCUT2D eigenvalue weighted by Crippen LogP contribution is -2.23. The van der Waals surface area contributed by atoms with Gasteiger partial charge in [-0.25, -0.2) is 4.68 Å². The molecule has 0 radical (unpaired) electrons. The number of hydrogen-bond donors (Lipinski definition) is 1. The molecule has 2 heterocycles. The molecule has 0 saturated heterocycles. The molecule has 2 aromatic heterocycles. The molecule has 25 heavy (non-hydrogen) atoms. The summed E-state index contributed by atoms with van der Waals surface area (Å²) < 4.78 is 1.74. The first-order chi connectivity index (χ1) is 12.0. The van der Waals surface area contributed by atoms with E-state index in [0.29, 0.717) is 11.1 Å². The van der Waals surface area contributed by atoms with Gasteiger partial charge in [-0.3, -0.25) is 9.78 Å². The summed E-state index contributed by atoms with van der Waals surface area (Å²) in [6, 6.07) is 9.48. The first-order valence-corrected chi connectivity index (χ1v) is 9.00. The van der Waals surface area contributed by atoms with Crippen LogP contribution < -0.4 is 5.32 Å². The summed E-state index contributed by atoms with van der Waals surface area (Å²) in [7, 11) is 0. The predicted molar refractivity (Wildman–Crippen MR) is 98.3 cm³/mol. The van der Waals surface area contributed by atoms with E-state index in [1.54, 1.807) is 10.9 Å². The average molecular weight is 356 g/mol. The molecule has 1 amide bonds. The predicted octanol–water partition coefficient (Wildman–Crippen LogP) is 3.00. The van der Waals surface area contributed by atoms with Crippen molar-refractivity contribution in [3.63, 3.8) is 0 Å². The summed E-state index contributed by atoms with van der Waals surface area (Å²) in [5, 5.41) is 15.9. The number of hydrogen-bond acceptors (Lipinski definition) is 6. The van der Waals surface area contributed by atoms with Crippen molar-refractivity contribution in [3.05, 3.63) is 36.5 Å². The molecule has 1 N–H and O–H groups in total. The van der Waals surface area contributed by atoms with Crippen LogP contribution >= 0.6 is 11.8 Å². The van der Waals surface area contributed by atoms with Crippen LogP contribution in [0.2, 0.25) is 0 Å². The van der Waals surface area contributed by atoms with Gasteiger partial charge in [-0.05, 0) is 47.5 Å². The number of amides is 1. The fraction of sp³-hybridized carbons (Fsp3) is 0.353. The summed E-state index contributed by atoms with van der Waals surface area (Å²) in [4.78, 5) is 16.9. The number of pyridine rings is 1. The van der Waals surface area contributed by atoms with Crippen LogP contribution in [0.5, 0.6) is 0 Å². The maximum absolute atomic E-state index is 12.6. The zero-order chi connectivity index (χ0) is 17.8. The van der Waals surface area contributed by atoms with Crippen molar-refractivity contribution >= 4 is 34.3 Å². The number of benzene rings is 1. The van der Waals surface area contributed by atoms with Crippen molar-refractivity contribution in [2.45, 2.75) is 37.7 Å². The van der Waals surface area contributed by atoms with E-state index in [1.165, 1.54) is 11.8 Å². The number of nitrogens with one attached hydrogen (secondary N) is 1. The minimum atomic E-state index is -0.330. The molecule has 0 bridgehead atoms. The Morgan fingerprint density at radius 3 is 2.88 bits per heavy atom. The van der Waals surface area contributed by atoms with Gasteiger partial charge < -0.3 is 5.32 Å². The van der Waals surface area contributed by atoms with Crippen LogP contribution in [0.25, 0.3) is 10.9 Å². The monoisotopic (exact) mass is 356 g/mol. The zero-order valence-electron chi connectivity index (χ0n) is 14.4. The lowest BCUT2D eigenvalue weighted by atomic mass is 10.2. The zero-order valence-corrected chi connectivity index (χ0v) is 15.2. The third-order valence-electron chi connectivity index (χ3n) is 3.59. The molecule has 7 nitrogen and oxygen atoms in total. The molecule has 1 unspecified atom stereocenters. The molecule has 3 aromatic rings. The number of nitrogens with zero attached hydrogens (tertiary/aromatic N) is 5. The fourth-order valence-corrected chi connectivity index (χ4v) is 3.20. The Bertz CT molecular complexity index is 873. The Kier molecular flexibility index (Phi) is 5.28. The van der Waals surface area contributed by atoms with Gasteiger partial charge in [-0.2, -0.15) is 0 Å². The van der Waals surface area contributed by atoms with Crippen LogP contribution in [0.3, 0.4) is 0 Å². The fourth-order valence-electron chi connectivity index (χ4n) is 2.40. The Morgan fingerprint density at radius 2 is 2.08 bits per heavy atom. The summed E-state index contributed by atoms with van der Waals surface area (Å²) in [6.07, 6.45) is 1.74. The lowest BCUT2D eigenvalue weighted by Gasteiger charge is -2.13. The Balaban J connectivity index is 1.72. The molecule has 1 aromatic carbocycles. The molecule has 0 fully saturated rings. The molecule has 8 heteroatoms. The van der Waals surface area contributed by atoms with E-state index in [9.17, 15) is 4.79 Å². The lowest BCUT2D eigenvalue weighted by molar-refractivity contribution is -0.115. The number of tetrazole rings is 1. The number of rotatable bonds is 6. The molecule has 0 spiro atoms. The van der Waals surface area contributed by atoms with Gasteiger partial charge in [-0.15, -0.1) is 5.10 Å². The van der Waals surface area contributed by atoms with E-state index < -0.39 is 0 Å². The summed E-state index contributed by atoms with van der Waals surface area (Å²) in [6.45, 7) is 6.76. The number of fused-ring (bicyclic) bond motifs is 1. The number of aromatic nitrogens is 5. The van der Waals surface area contributed by atoms with Crippen LogP contribution in [0, 0.1) is 5.92 Å². The second-order valence-electron chi connectivity index (χ2n) is 6.16. The Labute approximate surface area is 150 Å². The number of carbonyl (C=O) groups excluding carboxylic acids is 1. The minimum absolute atomic E-state index is 0.0968. The third kappa shape index (κ3) is 4.14. The van der Waals surface area contributed by atoms with Gasteiger partial charge in [-0.1, -0.05) is 31.7 Å². The molecule has 0 aliphatic carbocycles. The van der Waals surface area contributed by atoms with Gasteiger partial charge in [0.1, 0.15) is 0 Å². The highest BCUT2D eigenvalue weighted by molar-refractivity contribution is 8.00. The van der Waals surface area contributed by atoms with Gasteiger partial charge >= 0.3 is 0 Å². The second-order valence-corrected chi connectivity index (χ2v) is 7.47. The molecule has 0 aliphatic rings. The van der Waals surface area contributed by atoms with E-state index in [-0.39, 0.29) is 11.2 Å². The Hall–Kier alpha value is -2.48. The number of anilines is 1. The summed E-state index contributed by atoms with van der Waals surface area (Å²) >= 11 is 1.35. The maximum Gasteiger partial charge on any atom is 0.237 e. The van der Waals surface area contributed by atoms with Gasteiger partial charge in [0.25, 0.3) is 0 Å². The third-order valence-corrected chi connectivity index (χ3v) is 4.66. The topological polar surface area (TPSA) is 85.6 Å². The van der Waals surface area contributed by atoms with Crippen molar-refractivity contribution < 1.29 is 4.79 Å². The van der Waals surface area contributed by atoms with Crippen molar-refractivity contribution in [2.24, 2.45) is 5.92 Å². The van der Waals surface area contributed by atoms with Crippen molar-refractivity contribution in [3.8, 4) is 0 Å². The standard InChI is InChI=1S/C17H20N6OS/c1-11(2)10-23-17(20-21-22-23)25-12(3)16(24)19-15-8-4-7-14-13(15)6-5-9-18-14/h4-9,11-12H,10H2,1-3H3,(H,19,24). The highest BCUT2D eigenvalue weighted by Crippen LogP contribution is 2.25. The van der Waals surface area contributed by atoms with Crippen LogP contribution in [0.4, 0.5) is 5.69 Å². The van der Waals surface area contributed by atoms with Crippen molar-refractivity contribution in [1.82, 2.24) is 25.2 Å². The molecule has 1 atom stereocenters. The first-order valence-electron chi connectivity index (χ1n) is 8.12. The Morgan fingerprint density at radius 1 is 1.24 bits per heavy atom. The highest BCUT2D eigenvalue weighted by atomic mass is 32.2. The van der Waals surface area contributed by atoms with Crippen LogP contribution in [0.15, 0.2) is 41.7 Å². The largest absolute Gasteiger partial charge is 0.324 e. The molecular weight excluding hydrogens is 336 g/mol. The van der Waals surface area contributed by atoms with Crippen LogP contribution in [-0.4, -0.2) is 36.3 Å². The molecule has 130 valence electrons. The van der Waals surface area contributed by atoms with E-state index in [1.807, 2.05) is 37.3 Å².